The summed E-state index contributed by atoms with van der Waals surface area (Å²) in [5.41, 5.74) is 7.72. The monoisotopic (exact) mass is 662 g/mol. The summed E-state index contributed by atoms with van der Waals surface area (Å²) in [6, 6.07) is 49.1. The van der Waals surface area contributed by atoms with E-state index in [2.05, 4.69) is 71.3 Å². The Morgan fingerprint density at radius 3 is 1.06 bits per heavy atom. The molecule has 6 nitrogen and oxygen atoms in total. The molecule has 2 heterocycles. The lowest BCUT2D eigenvalue weighted by atomic mass is 10.1. The highest BCUT2D eigenvalue weighted by atomic mass is 35.5. The van der Waals surface area contributed by atoms with Gasteiger partial charge in [0.25, 0.3) is 0 Å². The Labute approximate surface area is 291 Å². The Bertz CT molecular complexity index is 2120. The van der Waals surface area contributed by atoms with E-state index in [-0.39, 0.29) is 12.4 Å². The molecule has 0 saturated carbocycles. The lowest BCUT2D eigenvalue weighted by Crippen LogP contribution is -2.05. The number of hydrogen-bond acceptors (Lipinski definition) is 6. The molecule has 0 saturated heterocycles. The second-order valence-electron chi connectivity index (χ2n) is 11.7. The van der Waals surface area contributed by atoms with E-state index in [9.17, 15) is 0 Å². The van der Waals surface area contributed by atoms with Gasteiger partial charge >= 0.3 is 0 Å². The van der Waals surface area contributed by atoms with E-state index in [0.29, 0.717) is 13.2 Å². The van der Waals surface area contributed by atoms with Gasteiger partial charge in [-0.3, -0.25) is 0 Å². The van der Waals surface area contributed by atoms with Crippen LogP contribution in [-0.2, 0) is 0 Å². The normalized spacial score (nSPS) is 11.0. The SMILES string of the molecule is Cl.c1ccc(OCCCCOc2ccccc2Nc2c3ccccc3nc3ccccc23)c(Nc2c3ccccc3nc3ccccc23)c1. The van der Waals surface area contributed by atoms with Crippen LogP contribution < -0.4 is 20.1 Å². The summed E-state index contributed by atoms with van der Waals surface area (Å²) < 4.78 is 12.6. The van der Waals surface area contributed by atoms with Crippen LogP contribution in [0, 0.1) is 0 Å². The zero-order valence-electron chi connectivity index (χ0n) is 26.8. The molecule has 0 unspecified atom stereocenters. The number of benzene rings is 6. The molecule has 6 aromatic carbocycles. The minimum absolute atomic E-state index is 0. The highest BCUT2D eigenvalue weighted by Gasteiger charge is 2.13. The number of anilines is 4. The molecule has 242 valence electrons. The first kappa shape index (κ1) is 31.7. The average Bonchev–Trinajstić information content (AvgIpc) is 3.14. The third kappa shape index (κ3) is 6.64. The molecule has 0 amide bonds. The number of pyridine rings is 2. The van der Waals surface area contributed by atoms with Crippen LogP contribution in [0.1, 0.15) is 12.8 Å². The van der Waals surface area contributed by atoms with Crippen molar-refractivity contribution in [1.82, 2.24) is 9.97 Å². The van der Waals surface area contributed by atoms with Gasteiger partial charge in [-0.15, -0.1) is 12.4 Å². The van der Waals surface area contributed by atoms with Crippen LogP contribution in [0.4, 0.5) is 22.7 Å². The number of halogens is 1. The summed E-state index contributed by atoms with van der Waals surface area (Å²) in [5, 5.41) is 11.6. The largest absolute Gasteiger partial charge is 0.491 e. The summed E-state index contributed by atoms with van der Waals surface area (Å²) >= 11 is 0. The average molecular weight is 663 g/mol. The Balaban J connectivity index is 0.00000378. The zero-order valence-corrected chi connectivity index (χ0v) is 27.6. The molecule has 2 aromatic heterocycles. The summed E-state index contributed by atoms with van der Waals surface area (Å²) in [7, 11) is 0. The highest BCUT2D eigenvalue weighted by Crippen LogP contribution is 2.37. The number of nitrogens with zero attached hydrogens (tertiary/aromatic N) is 2. The fraction of sp³-hybridized carbons (Fsp3) is 0.0952. The van der Waals surface area contributed by atoms with E-state index in [0.717, 1.165) is 90.7 Å². The Morgan fingerprint density at radius 2 is 0.694 bits per heavy atom. The fourth-order valence-corrected chi connectivity index (χ4v) is 6.18. The van der Waals surface area contributed by atoms with Crippen molar-refractivity contribution < 1.29 is 9.47 Å². The third-order valence-electron chi connectivity index (χ3n) is 8.52. The smallest absolute Gasteiger partial charge is 0.142 e. The first-order valence-electron chi connectivity index (χ1n) is 16.3. The molecule has 2 N–H and O–H groups in total. The first-order chi connectivity index (χ1) is 23.8. The van der Waals surface area contributed by atoms with Crippen LogP contribution in [-0.4, -0.2) is 23.2 Å². The van der Waals surface area contributed by atoms with E-state index < -0.39 is 0 Å². The number of aromatic nitrogens is 2. The number of hydrogen-bond donors (Lipinski definition) is 2. The van der Waals surface area contributed by atoms with Gasteiger partial charge < -0.3 is 20.1 Å². The Morgan fingerprint density at radius 1 is 0.388 bits per heavy atom. The van der Waals surface area contributed by atoms with Crippen molar-refractivity contribution in [3.05, 3.63) is 146 Å². The maximum absolute atomic E-state index is 6.32. The summed E-state index contributed by atoms with van der Waals surface area (Å²) in [5.74, 6) is 1.63. The van der Waals surface area contributed by atoms with Gasteiger partial charge in [0, 0.05) is 21.5 Å². The van der Waals surface area contributed by atoms with Crippen molar-refractivity contribution in [2.24, 2.45) is 0 Å². The lowest BCUT2D eigenvalue weighted by Gasteiger charge is -2.17. The molecule has 0 bridgehead atoms. The molecule has 7 heteroatoms. The van der Waals surface area contributed by atoms with Gasteiger partial charge in [0.1, 0.15) is 11.5 Å². The fourth-order valence-electron chi connectivity index (χ4n) is 6.18. The molecule has 8 rings (SSSR count). The van der Waals surface area contributed by atoms with Gasteiger partial charge in [-0.2, -0.15) is 0 Å². The molecule has 49 heavy (non-hydrogen) atoms. The maximum atomic E-state index is 6.32. The quantitative estimate of drug-likeness (QED) is 0.106. The van der Waals surface area contributed by atoms with Crippen molar-refractivity contribution in [2.75, 3.05) is 23.8 Å². The number of unbranched alkanes of at least 4 members (excludes halogenated alkanes) is 1. The van der Waals surface area contributed by atoms with Crippen LogP contribution in [0.15, 0.2) is 146 Å². The van der Waals surface area contributed by atoms with Crippen LogP contribution in [0.2, 0.25) is 0 Å². The third-order valence-corrected chi connectivity index (χ3v) is 8.52. The van der Waals surface area contributed by atoms with Crippen molar-refractivity contribution >= 4 is 78.8 Å². The molecule has 0 aliphatic carbocycles. The van der Waals surface area contributed by atoms with Crippen molar-refractivity contribution in [2.45, 2.75) is 12.8 Å². The predicted octanol–water partition coefficient (Wildman–Crippen LogP) is 11.2. The molecular formula is C42H35ClN4O2. The summed E-state index contributed by atoms with van der Waals surface area (Å²) in [6.07, 6.45) is 1.70. The molecule has 0 aliphatic heterocycles. The van der Waals surface area contributed by atoms with Gasteiger partial charge in [0.15, 0.2) is 0 Å². The van der Waals surface area contributed by atoms with Crippen molar-refractivity contribution in [1.29, 1.82) is 0 Å². The minimum atomic E-state index is 0. The van der Waals surface area contributed by atoms with E-state index in [1.807, 2.05) is 84.9 Å². The van der Waals surface area contributed by atoms with Gasteiger partial charge in [-0.1, -0.05) is 97.1 Å². The van der Waals surface area contributed by atoms with Crippen molar-refractivity contribution in [3.63, 3.8) is 0 Å². The topological polar surface area (TPSA) is 68.3 Å². The minimum Gasteiger partial charge on any atom is -0.491 e. The van der Waals surface area contributed by atoms with Gasteiger partial charge in [0.2, 0.25) is 0 Å². The van der Waals surface area contributed by atoms with Gasteiger partial charge in [-0.25, -0.2) is 9.97 Å². The van der Waals surface area contributed by atoms with E-state index in [1.54, 1.807) is 0 Å². The standard InChI is InChI=1S/C42H34N4O2.ClH/c1-5-19-33-29(15-1)41(30-16-2-6-20-34(30)43-33)45-37-23-9-11-25-39(37)47-27-13-14-28-48-40-26-12-10-24-38(40)46-42-31-17-3-7-21-35(31)44-36-22-8-4-18-32(36)42;/h1-12,15-26H,13-14,27-28H2,(H,43,45)(H,44,46);1H. The van der Waals surface area contributed by atoms with Gasteiger partial charge in [-0.05, 0) is 61.4 Å². The molecule has 0 spiro atoms. The maximum Gasteiger partial charge on any atom is 0.142 e. The van der Waals surface area contributed by atoms with Crippen LogP contribution in [0.5, 0.6) is 11.5 Å². The summed E-state index contributed by atoms with van der Waals surface area (Å²) in [4.78, 5) is 9.73. The number of para-hydroxylation sites is 8. The Hall–Kier alpha value is -5.85. The number of ether oxygens (including phenoxy) is 2. The van der Waals surface area contributed by atoms with E-state index >= 15 is 0 Å². The number of rotatable bonds is 11. The molecule has 0 radical (unpaired) electrons. The molecule has 0 fully saturated rings. The second-order valence-corrected chi connectivity index (χ2v) is 11.7. The van der Waals surface area contributed by atoms with Crippen LogP contribution in [0.25, 0.3) is 43.6 Å². The molecule has 0 atom stereocenters. The van der Waals surface area contributed by atoms with E-state index in [1.165, 1.54) is 0 Å². The predicted molar refractivity (Wildman–Crippen MR) is 205 cm³/mol. The highest BCUT2D eigenvalue weighted by molar-refractivity contribution is 6.10. The molecule has 0 aliphatic rings. The van der Waals surface area contributed by atoms with Crippen LogP contribution >= 0.6 is 12.4 Å². The Kier molecular flexibility index (Phi) is 9.39. The molecule has 8 aromatic rings. The molecular weight excluding hydrogens is 628 g/mol. The lowest BCUT2D eigenvalue weighted by molar-refractivity contribution is 0.268. The number of nitrogens with one attached hydrogen (secondary N) is 2. The zero-order chi connectivity index (χ0) is 32.1. The van der Waals surface area contributed by atoms with Crippen LogP contribution in [0.3, 0.4) is 0 Å². The van der Waals surface area contributed by atoms with E-state index in [4.69, 9.17) is 19.4 Å². The summed E-state index contributed by atoms with van der Waals surface area (Å²) in [6.45, 7) is 1.16. The first-order valence-corrected chi connectivity index (χ1v) is 16.3. The number of fused-ring (bicyclic) bond motifs is 4. The second kappa shape index (κ2) is 14.5. The van der Waals surface area contributed by atoms with Crippen molar-refractivity contribution in [3.8, 4) is 11.5 Å². The van der Waals surface area contributed by atoms with Gasteiger partial charge in [0.05, 0.1) is 58.0 Å².